The fourth-order valence-electron chi connectivity index (χ4n) is 1.69. The van der Waals surface area contributed by atoms with Gasteiger partial charge in [0.05, 0.1) is 0 Å². The number of esters is 4. The second kappa shape index (κ2) is 10.3. The Labute approximate surface area is 137 Å². The van der Waals surface area contributed by atoms with Crippen molar-refractivity contribution in [1.29, 1.82) is 0 Å². The Kier molecular flexibility index (Phi) is 9.21. The molecule has 0 amide bonds. The largest absolute Gasteiger partial charge is 0.462 e. The summed E-state index contributed by atoms with van der Waals surface area (Å²) in [7, 11) is 0. The van der Waals surface area contributed by atoms with Crippen molar-refractivity contribution < 1.29 is 47.3 Å². The zero-order valence-corrected chi connectivity index (χ0v) is 13.6. The zero-order valence-electron chi connectivity index (χ0n) is 13.6. The molecule has 0 aromatic rings. The monoisotopic (exact) mass is 350 g/mol. The summed E-state index contributed by atoms with van der Waals surface area (Å²) in [5.41, 5.74) is 0. The lowest BCUT2D eigenvalue weighted by atomic mass is 10.0. The minimum absolute atomic E-state index is 0.000773. The van der Waals surface area contributed by atoms with Crippen molar-refractivity contribution in [3.63, 3.8) is 0 Å². The van der Waals surface area contributed by atoms with Gasteiger partial charge in [0, 0.05) is 27.7 Å². The molecule has 0 aromatic heterocycles. The molecular formula is C14H19FO9. The van der Waals surface area contributed by atoms with Crippen molar-refractivity contribution in [1.82, 2.24) is 0 Å². The molecule has 0 fully saturated rings. The van der Waals surface area contributed by atoms with E-state index in [1.807, 2.05) is 0 Å². The highest BCUT2D eigenvalue weighted by atomic mass is 19.1. The van der Waals surface area contributed by atoms with Gasteiger partial charge in [-0.15, -0.1) is 0 Å². The Morgan fingerprint density at radius 1 is 0.875 bits per heavy atom. The molecule has 24 heavy (non-hydrogen) atoms. The normalized spacial score (nSPS) is 15.2. The second-order valence-electron chi connectivity index (χ2n) is 4.68. The highest BCUT2D eigenvalue weighted by Gasteiger charge is 2.41. The number of hydrogen-bond acceptors (Lipinski definition) is 9. The highest BCUT2D eigenvalue weighted by molar-refractivity contribution is 5.71. The summed E-state index contributed by atoms with van der Waals surface area (Å²) in [6.07, 6.45) is -7.62. The molecule has 0 spiro atoms. The highest BCUT2D eigenvalue weighted by Crippen LogP contribution is 2.18. The molecule has 0 saturated carbocycles. The van der Waals surface area contributed by atoms with E-state index in [9.17, 15) is 28.4 Å². The average Bonchev–Trinajstić information content (AvgIpc) is 2.45. The van der Waals surface area contributed by atoms with Crippen LogP contribution in [0.15, 0.2) is 0 Å². The molecule has 0 aliphatic rings. The summed E-state index contributed by atoms with van der Waals surface area (Å²) in [5.74, 6) is -3.52. The van der Waals surface area contributed by atoms with Gasteiger partial charge in [-0.25, -0.2) is 4.39 Å². The lowest BCUT2D eigenvalue weighted by molar-refractivity contribution is -0.185. The van der Waals surface area contributed by atoms with Gasteiger partial charge in [-0.1, -0.05) is 0 Å². The van der Waals surface area contributed by atoms with E-state index < -0.39 is 55.0 Å². The van der Waals surface area contributed by atoms with Crippen LogP contribution in [0.3, 0.4) is 0 Å². The van der Waals surface area contributed by atoms with E-state index in [1.54, 1.807) is 0 Å². The summed E-state index contributed by atoms with van der Waals surface area (Å²) in [6, 6.07) is 0. The Bertz CT molecular complexity index is 491. The first-order valence-electron chi connectivity index (χ1n) is 6.82. The molecule has 0 heterocycles. The maximum atomic E-state index is 14.6. The van der Waals surface area contributed by atoms with E-state index in [2.05, 4.69) is 9.47 Å². The molecule has 4 atom stereocenters. The first kappa shape index (κ1) is 21.5. The molecule has 0 aliphatic heterocycles. The number of aldehydes is 1. The van der Waals surface area contributed by atoms with Crippen LogP contribution in [-0.4, -0.2) is 61.3 Å². The predicted molar refractivity (Wildman–Crippen MR) is 74.3 cm³/mol. The van der Waals surface area contributed by atoms with Gasteiger partial charge in [0.15, 0.2) is 30.8 Å². The van der Waals surface area contributed by atoms with Crippen molar-refractivity contribution >= 4 is 30.2 Å². The Morgan fingerprint density at radius 3 is 1.75 bits per heavy atom. The van der Waals surface area contributed by atoms with Gasteiger partial charge in [0.25, 0.3) is 0 Å². The molecule has 10 heteroatoms. The minimum Gasteiger partial charge on any atom is -0.462 e. The van der Waals surface area contributed by atoms with E-state index in [0.29, 0.717) is 0 Å². The van der Waals surface area contributed by atoms with Crippen LogP contribution in [0.2, 0.25) is 0 Å². The topological polar surface area (TPSA) is 122 Å². The molecule has 0 aromatic carbocycles. The van der Waals surface area contributed by atoms with Crippen molar-refractivity contribution in [2.75, 3.05) is 6.61 Å². The molecule has 136 valence electrons. The summed E-state index contributed by atoms with van der Waals surface area (Å²) in [5, 5.41) is 0. The van der Waals surface area contributed by atoms with E-state index >= 15 is 0 Å². The average molecular weight is 350 g/mol. The zero-order chi connectivity index (χ0) is 18.9. The lowest BCUT2D eigenvalue weighted by Crippen LogP contribution is -2.49. The smallest absolute Gasteiger partial charge is 0.303 e. The quantitative estimate of drug-likeness (QED) is 0.318. The van der Waals surface area contributed by atoms with Crippen molar-refractivity contribution in [2.24, 2.45) is 0 Å². The third-order valence-corrected chi connectivity index (χ3v) is 2.50. The lowest BCUT2D eigenvalue weighted by Gasteiger charge is -2.30. The first-order chi connectivity index (χ1) is 11.1. The molecule has 0 bridgehead atoms. The summed E-state index contributed by atoms with van der Waals surface area (Å²) < 4.78 is 33.2. The van der Waals surface area contributed by atoms with Gasteiger partial charge in [0.1, 0.15) is 6.61 Å². The number of rotatable bonds is 9. The van der Waals surface area contributed by atoms with Crippen LogP contribution in [0, 0.1) is 0 Å². The van der Waals surface area contributed by atoms with Crippen molar-refractivity contribution in [3.05, 3.63) is 0 Å². The third-order valence-electron chi connectivity index (χ3n) is 2.50. The van der Waals surface area contributed by atoms with Crippen LogP contribution in [0.4, 0.5) is 4.39 Å². The summed E-state index contributed by atoms with van der Waals surface area (Å²) in [4.78, 5) is 55.1. The van der Waals surface area contributed by atoms with E-state index in [-0.39, 0.29) is 6.29 Å². The summed E-state index contributed by atoms with van der Waals surface area (Å²) >= 11 is 0. The summed E-state index contributed by atoms with van der Waals surface area (Å²) in [6.45, 7) is 3.34. The fourth-order valence-corrected chi connectivity index (χ4v) is 1.69. The molecule has 0 N–H and O–H groups in total. The molecule has 0 aliphatic carbocycles. The van der Waals surface area contributed by atoms with Gasteiger partial charge < -0.3 is 18.9 Å². The van der Waals surface area contributed by atoms with E-state index in [1.165, 1.54) is 0 Å². The molecular weight excluding hydrogens is 331 g/mol. The Balaban J connectivity index is 5.48. The van der Waals surface area contributed by atoms with E-state index in [4.69, 9.17) is 9.47 Å². The molecule has 9 nitrogen and oxygen atoms in total. The van der Waals surface area contributed by atoms with Crippen molar-refractivity contribution in [2.45, 2.75) is 52.2 Å². The van der Waals surface area contributed by atoms with Gasteiger partial charge in [-0.05, 0) is 0 Å². The number of alkyl halides is 1. The van der Waals surface area contributed by atoms with Crippen LogP contribution in [-0.2, 0) is 42.9 Å². The number of ether oxygens (including phenoxy) is 4. The van der Waals surface area contributed by atoms with Crippen LogP contribution in [0.1, 0.15) is 27.7 Å². The first-order valence-corrected chi connectivity index (χ1v) is 6.82. The Morgan fingerprint density at radius 2 is 1.38 bits per heavy atom. The third kappa shape index (κ3) is 8.20. The standard InChI is InChI=1S/C14H19FO9/c1-7(17)21-6-12(23-9(3)19)14(24-10(4)20)13(15)11(5-16)22-8(2)18/h5,11-14H,6H2,1-4H3/t11-,12+,13+,14+/m0/s1. The predicted octanol–water partition coefficient (Wildman–Crippen LogP) is -0.118. The minimum atomic E-state index is -2.35. The van der Waals surface area contributed by atoms with Gasteiger partial charge in [-0.3, -0.25) is 24.0 Å². The maximum Gasteiger partial charge on any atom is 0.303 e. The van der Waals surface area contributed by atoms with E-state index in [0.717, 1.165) is 27.7 Å². The van der Waals surface area contributed by atoms with Crippen LogP contribution < -0.4 is 0 Å². The maximum absolute atomic E-state index is 14.6. The number of carbonyl (C=O) groups excluding carboxylic acids is 5. The molecule has 0 unspecified atom stereocenters. The number of halogens is 1. The molecule has 0 radical (unpaired) electrons. The number of carbonyl (C=O) groups is 5. The van der Waals surface area contributed by atoms with Crippen molar-refractivity contribution in [3.8, 4) is 0 Å². The van der Waals surface area contributed by atoms with Crippen LogP contribution in [0.5, 0.6) is 0 Å². The molecule has 0 saturated heterocycles. The van der Waals surface area contributed by atoms with Gasteiger partial charge in [0.2, 0.25) is 0 Å². The van der Waals surface area contributed by atoms with Crippen LogP contribution in [0.25, 0.3) is 0 Å². The molecule has 0 rings (SSSR count). The second-order valence-corrected chi connectivity index (χ2v) is 4.68. The Hall–Kier alpha value is -2.52. The number of hydrogen-bond donors (Lipinski definition) is 0. The SMILES string of the molecule is CC(=O)OC[C@@H](OC(C)=O)[C@@H](OC(C)=O)[C@H](F)[C@H](C=O)OC(C)=O. The van der Waals surface area contributed by atoms with Gasteiger partial charge in [-0.2, -0.15) is 0 Å². The van der Waals surface area contributed by atoms with Crippen LogP contribution >= 0.6 is 0 Å². The fraction of sp³-hybridized carbons (Fsp3) is 0.643. The van der Waals surface area contributed by atoms with Gasteiger partial charge >= 0.3 is 23.9 Å².